The molecule has 0 aliphatic heterocycles. The van der Waals surface area contributed by atoms with E-state index >= 15 is 0 Å². The summed E-state index contributed by atoms with van der Waals surface area (Å²) in [7, 11) is 3.60. The summed E-state index contributed by atoms with van der Waals surface area (Å²) < 4.78 is 31.1. The van der Waals surface area contributed by atoms with Crippen molar-refractivity contribution in [3.05, 3.63) is 86.1 Å². The van der Waals surface area contributed by atoms with Crippen LogP contribution in [0.2, 0.25) is 0 Å². The molecule has 7 nitrogen and oxygen atoms in total. The van der Waals surface area contributed by atoms with E-state index in [4.69, 9.17) is 0 Å². The molecule has 0 spiro atoms. The van der Waals surface area contributed by atoms with Crippen LogP contribution in [0.4, 0.5) is 14.5 Å². The lowest BCUT2D eigenvalue weighted by Gasteiger charge is -2.15. The lowest BCUT2D eigenvalue weighted by molar-refractivity contribution is 0.146. The summed E-state index contributed by atoms with van der Waals surface area (Å²) in [6.45, 7) is 1.93. The van der Waals surface area contributed by atoms with Crippen molar-refractivity contribution in [2.24, 2.45) is 0 Å². The average molecular weight is 529 g/mol. The van der Waals surface area contributed by atoms with Crippen molar-refractivity contribution in [1.29, 1.82) is 0 Å². The Kier molecular flexibility index (Phi) is 8.21. The highest BCUT2D eigenvalue weighted by Gasteiger charge is 2.24. The number of nitrogens with zero attached hydrogens (tertiary/aromatic N) is 2. The zero-order valence-electron chi connectivity index (χ0n) is 21.0. The van der Waals surface area contributed by atoms with Gasteiger partial charge in [-0.1, -0.05) is 25.1 Å². The van der Waals surface area contributed by atoms with Crippen LogP contribution in [-0.4, -0.2) is 34.4 Å². The second-order valence-electron chi connectivity index (χ2n) is 8.81. The molecule has 2 heterocycles. The first-order chi connectivity index (χ1) is 17.8. The Hall–Kier alpha value is -3.34. The number of fused-ring (bicyclic) bond motifs is 1. The predicted molar refractivity (Wildman–Crippen MR) is 144 cm³/mol. The van der Waals surface area contributed by atoms with Crippen molar-refractivity contribution in [3.63, 3.8) is 0 Å². The Labute approximate surface area is 217 Å². The summed E-state index contributed by atoms with van der Waals surface area (Å²) >= 11 is 1.30. The predicted octanol–water partition coefficient (Wildman–Crippen LogP) is 3.94. The molecule has 0 aliphatic rings. The third kappa shape index (κ3) is 5.22. The number of aromatic nitrogens is 2. The Morgan fingerprint density at radius 1 is 1.00 bits per heavy atom. The van der Waals surface area contributed by atoms with Gasteiger partial charge in [0.2, 0.25) is 0 Å². The summed E-state index contributed by atoms with van der Waals surface area (Å²) in [5, 5.41) is 16.8. The van der Waals surface area contributed by atoms with Crippen LogP contribution < -0.4 is 21.9 Å². The standard InChI is InChI=1S/C27H30F2N4O3S/c1-4-18(34)15-33-25(35)23-20(14-30-2)24(16-8-10-17(31-3)11-9-16)37-26(23)32(27(33)36)13-12-19-21(28)6-5-7-22(19)29/h5-11,18,30-31,34H,4,12-15H2,1-3H3. The van der Waals surface area contributed by atoms with E-state index in [1.165, 1.54) is 34.1 Å². The molecule has 196 valence electrons. The minimum absolute atomic E-state index is 0.0344. The van der Waals surface area contributed by atoms with Gasteiger partial charge in [-0.3, -0.25) is 13.9 Å². The van der Waals surface area contributed by atoms with Crippen LogP contribution in [0.1, 0.15) is 24.5 Å². The molecule has 0 saturated carbocycles. The second-order valence-corrected chi connectivity index (χ2v) is 9.81. The van der Waals surface area contributed by atoms with Gasteiger partial charge in [0.25, 0.3) is 5.56 Å². The molecule has 1 unspecified atom stereocenters. The van der Waals surface area contributed by atoms with Crippen LogP contribution in [0.15, 0.2) is 52.1 Å². The van der Waals surface area contributed by atoms with Crippen molar-refractivity contribution in [2.75, 3.05) is 19.4 Å². The van der Waals surface area contributed by atoms with Crippen LogP contribution in [0, 0.1) is 11.6 Å². The lowest BCUT2D eigenvalue weighted by Crippen LogP contribution is -2.42. The van der Waals surface area contributed by atoms with Crippen molar-refractivity contribution in [3.8, 4) is 10.4 Å². The third-order valence-electron chi connectivity index (χ3n) is 6.46. The maximum atomic E-state index is 14.4. The van der Waals surface area contributed by atoms with Gasteiger partial charge < -0.3 is 15.7 Å². The Bertz CT molecular complexity index is 1510. The first-order valence-corrected chi connectivity index (χ1v) is 12.9. The first-order valence-electron chi connectivity index (χ1n) is 12.1. The highest BCUT2D eigenvalue weighted by Crippen LogP contribution is 2.37. The maximum Gasteiger partial charge on any atom is 0.332 e. The molecule has 0 amide bonds. The van der Waals surface area contributed by atoms with E-state index in [9.17, 15) is 23.5 Å². The quantitative estimate of drug-likeness (QED) is 0.290. The SMILES string of the molecule is CCC(O)Cn1c(=O)c2c(CNC)c(-c3ccc(NC)cc3)sc2n(CCc2c(F)cccc2F)c1=O. The highest BCUT2D eigenvalue weighted by atomic mass is 32.1. The molecule has 4 rings (SSSR count). The van der Waals surface area contributed by atoms with Crippen LogP contribution >= 0.6 is 11.3 Å². The molecular weight excluding hydrogens is 498 g/mol. The Morgan fingerprint density at radius 3 is 2.27 bits per heavy atom. The van der Waals surface area contributed by atoms with Crippen molar-refractivity contribution in [2.45, 2.75) is 45.5 Å². The molecule has 10 heteroatoms. The van der Waals surface area contributed by atoms with Gasteiger partial charge in [0.05, 0.1) is 18.0 Å². The number of hydrogen-bond acceptors (Lipinski definition) is 6. The topological polar surface area (TPSA) is 88.3 Å². The minimum atomic E-state index is -0.889. The fraction of sp³-hybridized carbons (Fsp3) is 0.333. The van der Waals surface area contributed by atoms with E-state index in [0.29, 0.717) is 23.2 Å². The van der Waals surface area contributed by atoms with E-state index in [2.05, 4.69) is 10.6 Å². The number of rotatable bonds is 10. The number of halogens is 2. The number of hydrogen-bond donors (Lipinski definition) is 3. The van der Waals surface area contributed by atoms with E-state index in [0.717, 1.165) is 26.3 Å². The van der Waals surface area contributed by atoms with Crippen LogP contribution in [0.25, 0.3) is 20.7 Å². The van der Waals surface area contributed by atoms with E-state index in [1.807, 2.05) is 31.3 Å². The van der Waals surface area contributed by atoms with Gasteiger partial charge in [-0.2, -0.15) is 0 Å². The van der Waals surface area contributed by atoms with Gasteiger partial charge in [0.1, 0.15) is 16.5 Å². The van der Waals surface area contributed by atoms with E-state index < -0.39 is 29.0 Å². The number of aliphatic hydroxyl groups is 1. The van der Waals surface area contributed by atoms with Gasteiger partial charge >= 0.3 is 5.69 Å². The molecule has 3 N–H and O–H groups in total. The van der Waals surface area contributed by atoms with Gasteiger partial charge in [-0.15, -0.1) is 11.3 Å². The lowest BCUT2D eigenvalue weighted by atomic mass is 10.1. The molecule has 1 atom stereocenters. The van der Waals surface area contributed by atoms with Gasteiger partial charge in [0.15, 0.2) is 0 Å². The fourth-order valence-electron chi connectivity index (χ4n) is 4.38. The smallest absolute Gasteiger partial charge is 0.332 e. The highest BCUT2D eigenvalue weighted by molar-refractivity contribution is 7.22. The molecule has 2 aromatic carbocycles. The summed E-state index contributed by atoms with van der Waals surface area (Å²) in [5.41, 5.74) is 1.32. The van der Waals surface area contributed by atoms with Gasteiger partial charge in [-0.05, 0) is 55.3 Å². The van der Waals surface area contributed by atoms with E-state index in [1.54, 1.807) is 14.0 Å². The van der Waals surface area contributed by atoms with Crippen molar-refractivity contribution in [1.82, 2.24) is 14.5 Å². The summed E-state index contributed by atoms with van der Waals surface area (Å²) in [6, 6.07) is 11.4. The molecular formula is C27H30F2N4O3S. The summed E-state index contributed by atoms with van der Waals surface area (Å²) in [4.78, 5) is 28.5. The van der Waals surface area contributed by atoms with Crippen LogP contribution in [0.3, 0.4) is 0 Å². The van der Waals surface area contributed by atoms with E-state index in [-0.39, 0.29) is 25.1 Å². The monoisotopic (exact) mass is 528 g/mol. The molecule has 0 saturated heterocycles. The Morgan fingerprint density at radius 2 is 1.68 bits per heavy atom. The molecule has 0 aliphatic carbocycles. The number of aryl methyl sites for hydroxylation is 1. The fourth-order valence-corrected chi connectivity index (χ4v) is 5.71. The number of nitrogens with one attached hydrogen (secondary N) is 2. The third-order valence-corrected chi connectivity index (χ3v) is 7.76. The second kappa shape index (κ2) is 11.4. The van der Waals surface area contributed by atoms with Crippen LogP contribution in [0.5, 0.6) is 0 Å². The van der Waals surface area contributed by atoms with Gasteiger partial charge in [0, 0.05) is 36.3 Å². The van der Waals surface area contributed by atoms with Gasteiger partial charge in [-0.25, -0.2) is 13.6 Å². The normalized spacial score (nSPS) is 12.3. The van der Waals surface area contributed by atoms with Crippen molar-refractivity contribution < 1.29 is 13.9 Å². The summed E-state index contributed by atoms with van der Waals surface area (Å²) in [5.74, 6) is -1.38. The average Bonchev–Trinajstić information content (AvgIpc) is 3.27. The number of anilines is 1. The largest absolute Gasteiger partial charge is 0.391 e. The van der Waals surface area contributed by atoms with Crippen LogP contribution in [-0.2, 0) is 26.1 Å². The number of aliphatic hydroxyl groups excluding tert-OH is 1. The molecule has 0 fully saturated rings. The zero-order chi connectivity index (χ0) is 26.7. The molecule has 37 heavy (non-hydrogen) atoms. The van der Waals surface area contributed by atoms with Crippen molar-refractivity contribution >= 4 is 27.2 Å². The zero-order valence-corrected chi connectivity index (χ0v) is 21.8. The number of benzene rings is 2. The molecule has 2 aromatic heterocycles. The molecule has 0 bridgehead atoms. The molecule has 4 aromatic rings. The first kappa shape index (κ1) is 26.7. The number of thiophene rings is 1. The summed E-state index contributed by atoms with van der Waals surface area (Å²) in [6.07, 6.45) is -0.603. The maximum absolute atomic E-state index is 14.4. The Balaban J connectivity index is 1.97. The minimum Gasteiger partial charge on any atom is -0.391 e. The molecule has 0 radical (unpaired) electrons.